The topological polar surface area (TPSA) is 79.0 Å². The molecule has 1 heterocycles. The van der Waals surface area contributed by atoms with Crippen LogP contribution in [0.5, 0.6) is 0 Å². The van der Waals surface area contributed by atoms with Crippen molar-refractivity contribution in [1.29, 1.82) is 0 Å². The van der Waals surface area contributed by atoms with E-state index in [-0.39, 0.29) is 10.8 Å². The van der Waals surface area contributed by atoms with Crippen molar-refractivity contribution in [2.45, 2.75) is 17.6 Å². The van der Waals surface area contributed by atoms with Crippen LogP contribution in [0.15, 0.2) is 27.2 Å². The number of nitrogens with one attached hydrogen (secondary N) is 2. The number of thiazole rings is 1. The summed E-state index contributed by atoms with van der Waals surface area (Å²) in [5, 5.41) is 1.02. The Kier molecular flexibility index (Phi) is 5.11. The van der Waals surface area contributed by atoms with E-state index in [1.807, 2.05) is 0 Å². The van der Waals surface area contributed by atoms with E-state index in [2.05, 4.69) is 9.71 Å². The normalized spacial score (nSPS) is 11.8. The van der Waals surface area contributed by atoms with E-state index in [4.69, 9.17) is 23.2 Å². The van der Waals surface area contributed by atoms with Crippen LogP contribution >= 0.6 is 34.5 Å². The third kappa shape index (κ3) is 4.08. The Morgan fingerprint density at radius 3 is 2.62 bits per heavy atom. The molecular formula is C12H12Cl2N2O3S2. The summed E-state index contributed by atoms with van der Waals surface area (Å²) in [7, 11) is -3.69. The summed E-state index contributed by atoms with van der Waals surface area (Å²) in [6.07, 6.45) is 0.424. The molecule has 0 fully saturated rings. The molecule has 0 aliphatic carbocycles. The lowest BCUT2D eigenvalue weighted by Crippen LogP contribution is -2.26. The molecule has 0 spiro atoms. The van der Waals surface area contributed by atoms with Crippen LogP contribution < -0.4 is 9.60 Å². The first kappa shape index (κ1) is 16.5. The number of sulfonamides is 1. The van der Waals surface area contributed by atoms with Crippen LogP contribution in [0.25, 0.3) is 0 Å². The predicted molar refractivity (Wildman–Crippen MR) is 85.0 cm³/mol. The Bertz CT molecular complexity index is 812. The highest BCUT2D eigenvalue weighted by Gasteiger charge is 2.20. The van der Waals surface area contributed by atoms with E-state index >= 15 is 0 Å². The lowest BCUT2D eigenvalue weighted by molar-refractivity contribution is 0.583. The third-order valence-corrected chi connectivity index (χ3v) is 6.38. The zero-order chi connectivity index (χ0) is 15.6. The smallest absolute Gasteiger partial charge is 0.305 e. The molecule has 0 saturated heterocycles. The molecule has 1 aromatic heterocycles. The molecule has 0 bridgehead atoms. The summed E-state index contributed by atoms with van der Waals surface area (Å²) in [6, 6.07) is 5.05. The van der Waals surface area contributed by atoms with Crippen molar-refractivity contribution >= 4 is 44.6 Å². The maximum Gasteiger partial charge on any atom is 0.305 e. The first-order chi connectivity index (χ1) is 9.79. The second-order valence-electron chi connectivity index (χ2n) is 4.31. The summed E-state index contributed by atoms with van der Waals surface area (Å²) in [6.45, 7) is 1.72. The molecular weight excluding hydrogens is 355 g/mol. The van der Waals surface area contributed by atoms with Gasteiger partial charge >= 0.3 is 4.87 Å². The summed E-state index contributed by atoms with van der Waals surface area (Å²) in [4.78, 5) is 13.2. The van der Waals surface area contributed by atoms with Gasteiger partial charge in [0.2, 0.25) is 0 Å². The molecule has 2 rings (SSSR count). The van der Waals surface area contributed by atoms with E-state index in [1.165, 1.54) is 0 Å². The molecule has 21 heavy (non-hydrogen) atoms. The van der Waals surface area contributed by atoms with Gasteiger partial charge in [-0.3, -0.25) is 4.79 Å². The van der Waals surface area contributed by atoms with Gasteiger partial charge in [-0.15, -0.1) is 0 Å². The minimum Gasteiger partial charge on any atom is -0.315 e. The van der Waals surface area contributed by atoms with E-state index in [0.29, 0.717) is 33.5 Å². The molecule has 5 nitrogen and oxygen atoms in total. The van der Waals surface area contributed by atoms with Gasteiger partial charge in [0, 0.05) is 22.3 Å². The van der Waals surface area contributed by atoms with E-state index in [1.54, 1.807) is 25.1 Å². The number of aryl methyl sites for hydroxylation is 1. The average molecular weight is 367 g/mol. The lowest BCUT2D eigenvalue weighted by atomic mass is 10.1. The van der Waals surface area contributed by atoms with Crippen LogP contribution in [0, 0.1) is 6.92 Å². The zero-order valence-corrected chi connectivity index (χ0v) is 14.1. The van der Waals surface area contributed by atoms with Gasteiger partial charge in [0.25, 0.3) is 10.0 Å². The zero-order valence-electron chi connectivity index (χ0n) is 10.9. The van der Waals surface area contributed by atoms with Gasteiger partial charge < -0.3 is 4.98 Å². The SMILES string of the molecule is Cc1[nH]c(=O)sc1S(=O)(=O)NCCc1ccc(Cl)cc1Cl. The van der Waals surface area contributed by atoms with E-state index < -0.39 is 14.9 Å². The van der Waals surface area contributed by atoms with E-state index in [0.717, 1.165) is 5.56 Å². The number of aromatic nitrogens is 1. The number of benzene rings is 1. The minimum atomic E-state index is -3.69. The molecule has 0 radical (unpaired) electrons. The van der Waals surface area contributed by atoms with Gasteiger partial charge in [0.05, 0.1) is 0 Å². The minimum absolute atomic E-state index is 0.00898. The van der Waals surface area contributed by atoms with Gasteiger partial charge in [0.15, 0.2) is 4.21 Å². The number of hydrogen-bond donors (Lipinski definition) is 2. The molecule has 2 aromatic rings. The Hall–Kier alpha value is -0.860. The Balaban J connectivity index is 2.06. The van der Waals surface area contributed by atoms with Crippen molar-refractivity contribution in [2.75, 3.05) is 6.54 Å². The number of aromatic amines is 1. The maximum atomic E-state index is 12.1. The molecule has 0 unspecified atom stereocenters. The van der Waals surface area contributed by atoms with Crippen LogP contribution in [0.1, 0.15) is 11.3 Å². The number of rotatable bonds is 5. The fraction of sp³-hybridized carbons (Fsp3) is 0.250. The van der Waals surface area contributed by atoms with Gasteiger partial charge in [-0.2, -0.15) is 0 Å². The molecule has 0 saturated carbocycles. The Morgan fingerprint density at radius 2 is 2.05 bits per heavy atom. The van der Waals surface area contributed by atoms with Crippen LogP contribution in [0.2, 0.25) is 10.0 Å². The van der Waals surface area contributed by atoms with Gasteiger partial charge in [-0.1, -0.05) is 40.6 Å². The molecule has 114 valence electrons. The predicted octanol–water partition coefficient (Wildman–Crippen LogP) is 2.57. The molecule has 0 amide bonds. The highest BCUT2D eigenvalue weighted by atomic mass is 35.5. The maximum absolute atomic E-state index is 12.1. The molecule has 0 atom stereocenters. The largest absolute Gasteiger partial charge is 0.315 e. The summed E-state index contributed by atoms with van der Waals surface area (Å²) < 4.78 is 26.6. The van der Waals surface area contributed by atoms with Crippen LogP contribution in [-0.4, -0.2) is 19.9 Å². The van der Waals surface area contributed by atoms with Crippen molar-refractivity contribution in [1.82, 2.24) is 9.71 Å². The monoisotopic (exact) mass is 366 g/mol. The summed E-state index contributed by atoms with van der Waals surface area (Å²) in [5.74, 6) is 0. The Labute approximate surface area is 136 Å². The van der Waals surface area contributed by atoms with Crippen molar-refractivity contribution in [2.24, 2.45) is 0 Å². The second-order valence-corrected chi connectivity index (χ2v) is 8.10. The number of halogens is 2. The standard InChI is InChI=1S/C12H12Cl2N2O3S2/c1-7-11(20-12(17)16-7)21(18,19)15-5-4-8-2-3-9(13)6-10(8)14/h2-3,6,15H,4-5H2,1H3,(H,16,17). The highest BCUT2D eigenvalue weighted by molar-refractivity contribution is 7.91. The first-order valence-corrected chi connectivity index (χ1v) is 8.98. The van der Waals surface area contributed by atoms with Gasteiger partial charge in [0.1, 0.15) is 0 Å². The quantitative estimate of drug-likeness (QED) is 0.853. The first-order valence-electron chi connectivity index (χ1n) is 5.93. The van der Waals surface area contributed by atoms with E-state index in [9.17, 15) is 13.2 Å². The summed E-state index contributed by atoms with van der Waals surface area (Å²) in [5.41, 5.74) is 1.13. The van der Waals surface area contributed by atoms with Crippen molar-refractivity contribution in [3.05, 3.63) is 49.2 Å². The molecule has 1 aromatic carbocycles. The van der Waals surface area contributed by atoms with Crippen molar-refractivity contribution in [3.8, 4) is 0 Å². The van der Waals surface area contributed by atoms with Crippen LogP contribution in [-0.2, 0) is 16.4 Å². The fourth-order valence-electron chi connectivity index (χ4n) is 1.76. The third-order valence-electron chi connectivity index (χ3n) is 2.73. The molecule has 9 heteroatoms. The van der Waals surface area contributed by atoms with Crippen molar-refractivity contribution in [3.63, 3.8) is 0 Å². The number of H-pyrrole nitrogens is 1. The van der Waals surface area contributed by atoms with Crippen LogP contribution in [0.4, 0.5) is 0 Å². The highest BCUT2D eigenvalue weighted by Crippen LogP contribution is 2.21. The fourth-order valence-corrected chi connectivity index (χ4v) is 4.64. The summed E-state index contributed by atoms with van der Waals surface area (Å²) >= 11 is 12.5. The average Bonchev–Trinajstić information content (AvgIpc) is 2.72. The molecule has 0 aliphatic heterocycles. The van der Waals surface area contributed by atoms with Gasteiger partial charge in [-0.25, -0.2) is 13.1 Å². The molecule has 0 aliphatic rings. The van der Waals surface area contributed by atoms with Crippen molar-refractivity contribution < 1.29 is 8.42 Å². The second kappa shape index (κ2) is 6.50. The van der Waals surface area contributed by atoms with Crippen LogP contribution in [0.3, 0.4) is 0 Å². The Morgan fingerprint density at radius 1 is 1.33 bits per heavy atom. The number of hydrogen-bond acceptors (Lipinski definition) is 4. The van der Waals surface area contributed by atoms with Gasteiger partial charge in [-0.05, 0) is 31.0 Å². The molecule has 2 N–H and O–H groups in total. The lowest BCUT2D eigenvalue weighted by Gasteiger charge is -2.07.